The van der Waals surface area contributed by atoms with Crippen LogP contribution in [0.3, 0.4) is 0 Å². The van der Waals surface area contributed by atoms with E-state index in [0.717, 1.165) is 23.6 Å². The van der Waals surface area contributed by atoms with Crippen LogP contribution in [0.15, 0.2) is 59.6 Å². The molecular weight excluding hydrogens is 437 g/mol. The number of aliphatic imine (C=N–C) groups is 1. The van der Waals surface area contributed by atoms with E-state index >= 15 is 0 Å². The first-order chi connectivity index (χ1) is 12.3. The summed E-state index contributed by atoms with van der Waals surface area (Å²) >= 11 is 0. The van der Waals surface area contributed by atoms with Crippen molar-refractivity contribution in [3.8, 4) is 12.3 Å². The van der Waals surface area contributed by atoms with Gasteiger partial charge in [-0.3, -0.25) is 0 Å². The Hall–Kier alpha value is -2.04. The summed E-state index contributed by atoms with van der Waals surface area (Å²) < 4.78 is 5.75. The monoisotopic (exact) mass is 463 g/mol. The molecule has 0 saturated heterocycles. The highest BCUT2D eigenvalue weighted by Gasteiger charge is 1.98. The lowest BCUT2D eigenvalue weighted by Crippen LogP contribution is -2.37. The number of ether oxygens (including phenoxy) is 1. The van der Waals surface area contributed by atoms with Crippen molar-refractivity contribution in [1.82, 2.24) is 10.6 Å². The van der Waals surface area contributed by atoms with Crippen LogP contribution < -0.4 is 10.6 Å². The van der Waals surface area contributed by atoms with Crippen LogP contribution in [-0.4, -0.2) is 19.0 Å². The number of halogens is 1. The minimum Gasteiger partial charge on any atom is -0.372 e. The molecule has 0 aliphatic rings. The molecule has 0 radical (unpaired) electrons. The van der Waals surface area contributed by atoms with Gasteiger partial charge in [0.1, 0.15) is 0 Å². The van der Waals surface area contributed by atoms with Crippen molar-refractivity contribution in [3.05, 3.63) is 71.3 Å². The van der Waals surface area contributed by atoms with Crippen molar-refractivity contribution in [2.75, 3.05) is 13.1 Å². The van der Waals surface area contributed by atoms with Crippen molar-refractivity contribution in [1.29, 1.82) is 0 Å². The van der Waals surface area contributed by atoms with E-state index in [9.17, 15) is 0 Å². The molecule has 0 fully saturated rings. The van der Waals surface area contributed by atoms with Gasteiger partial charge in [-0.25, -0.2) is 4.99 Å². The molecular formula is C21H26IN3O. The molecule has 0 aliphatic carbocycles. The van der Waals surface area contributed by atoms with Gasteiger partial charge in [-0.1, -0.05) is 60.5 Å². The van der Waals surface area contributed by atoms with E-state index in [1.807, 2.05) is 25.1 Å². The first kappa shape index (κ1) is 22.0. The fraction of sp³-hybridized carbons (Fsp3) is 0.286. The highest BCUT2D eigenvalue weighted by Crippen LogP contribution is 2.09. The standard InChI is InChI=1S/C21H25N3O.HI/c1-3-14-23-21(22-4-2)24-15-18-10-12-20(13-11-18)17-25-16-19-8-6-5-7-9-19;/h1,5-13H,4,14-17H2,2H3,(H2,22,23,24);1H. The van der Waals surface area contributed by atoms with E-state index in [4.69, 9.17) is 11.2 Å². The van der Waals surface area contributed by atoms with Crippen molar-refractivity contribution < 1.29 is 4.74 Å². The zero-order chi connectivity index (χ0) is 17.7. The van der Waals surface area contributed by atoms with Gasteiger partial charge in [0.25, 0.3) is 0 Å². The van der Waals surface area contributed by atoms with Crippen LogP contribution in [0.1, 0.15) is 23.6 Å². The van der Waals surface area contributed by atoms with Crippen LogP contribution in [0, 0.1) is 12.3 Å². The molecule has 0 saturated carbocycles. The Labute approximate surface area is 173 Å². The van der Waals surface area contributed by atoms with Crippen LogP contribution in [-0.2, 0) is 24.5 Å². The molecule has 0 aliphatic heterocycles. The maximum Gasteiger partial charge on any atom is 0.192 e. The zero-order valence-corrected chi connectivity index (χ0v) is 17.4. The van der Waals surface area contributed by atoms with Gasteiger partial charge < -0.3 is 15.4 Å². The summed E-state index contributed by atoms with van der Waals surface area (Å²) in [6.07, 6.45) is 5.27. The highest BCUT2D eigenvalue weighted by atomic mass is 127. The molecule has 26 heavy (non-hydrogen) atoms. The molecule has 2 rings (SSSR count). The number of rotatable bonds is 8. The first-order valence-corrected chi connectivity index (χ1v) is 8.47. The van der Waals surface area contributed by atoms with Gasteiger partial charge in [-0.2, -0.15) is 0 Å². The molecule has 2 aromatic carbocycles. The quantitative estimate of drug-likeness (QED) is 0.272. The number of hydrogen-bond acceptors (Lipinski definition) is 2. The number of guanidine groups is 1. The number of hydrogen-bond donors (Lipinski definition) is 2. The summed E-state index contributed by atoms with van der Waals surface area (Å²) in [6, 6.07) is 18.5. The van der Waals surface area contributed by atoms with E-state index in [0.29, 0.717) is 26.3 Å². The Morgan fingerprint density at radius 1 is 0.962 bits per heavy atom. The molecule has 4 nitrogen and oxygen atoms in total. The minimum atomic E-state index is 0. The maximum atomic E-state index is 5.75. The molecule has 0 heterocycles. The fourth-order valence-electron chi connectivity index (χ4n) is 2.25. The first-order valence-electron chi connectivity index (χ1n) is 8.47. The lowest BCUT2D eigenvalue weighted by molar-refractivity contribution is 0.107. The largest absolute Gasteiger partial charge is 0.372 e. The molecule has 0 atom stereocenters. The van der Waals surface area contributed by atoms with Crippen LogP contribution in [0.2, 0.25) is 0 Å². The average molecular weight is 463 g/mol. The van der Waals surface area contributed by atoms with Gasteiger partial charge >= 0.3 is 0 Å². The van der Waals surface area contributed by atoms with Gasteiger partial charge in [0.2, 0.25) is 0 Å². The normalized spacial score (nSPS) is 10.5. The van der Waals surface area contributed by atoms with E-state index in [2.05, 4.69) is 57.9 Å². The molecule has 0 spiro atoms. The highest BCUT2D eigenvalue weighted by molar-refractivity contribution is 14.0. The fourth-order valence-corrected chi connectivity index (χ4v) is 2.25. The van der Waals surface area contributed by atoms with Gasteiger partial charge in [0.15, 0.2) is 5.96 Å². The predicted octanol–water partition coefficient (Wildman–Crippen LogP) is 3.71. The molecule has 0 amide bonds. The van der Waals surface area contributed by atoms with Crippen LogP contribution in [0.4, 0.5) is 0 Å². The molecule has 0 bridgehead atoms. The Bertz CT molecular complexity index is 693. The number of benzene rings is 2. The van der Waals surface area contributed by atoms with Crippen LogP contribution >= 0.6 is 24.0 Å². The average Bonchev–Trinajstić information content (AvgIpc) is 2.66. The van der Waals surface area contributed by atoms with Crippen molar-refractivity contribution >= 4 is 29.9 Å². The topological polar surface area (TPSA) is 45.7 Å². The van der Waals surface area contributed by atoms with Gasteiger partial charge in [-0.15, -0.1) is 30.4 Å². The smallest absolute Gasteiger partial charge is 0.192 e. The number of nitrogens with zero attached hydrogens (tertiary/aromatic N) is 1. The van der Waals surface area contributed by atoms with Gasteiger partial charge in [0.05, 0.1) is 26.3 Å². The Kier molecular flexibility index (Phi) is 11.2. The molecule has 2 aromatic rings. The Balaban J connectivity index is 0.00000338. The lowest BCUT2D eigenvalue weighted by atomic mass is 10.1. The second-order valence-corrected chi connectivity index (χ2v) is 5.55. The minimum absolute atomic E-state index is 0. The summed E-state index contributed by atoms with van der Waals surface area (Å²) in [5, 5.41) is 6.24. The molecule has 2 N–H and O–H groups in total. The molecule has 0 unspecified atom stereocenters. The zero-order valence-electron chi connectivity index (χ0n) is 15.1. The van der Waals surface area contributed by atoms with Gasteiger partial charge in [0, 0.05) is 6.54 Å². The molecule has 5 heteroatoms. The van der Waals surface area contributed by atoms with Crippen LogP contribution in [0.5, 0.6) is 0 Å². The molecule has 138 valence electrons. The van der Waals surface area contributed by atoms with E-state index in [-0.39, 0.29) is 24.0 Å². The van der Waals surface area contributed by atoms with E-state index in [1.165, 1.54) is 5.56 Å². The van der Waals surface area contributed by atoms with Crippen LogP contribution in [0.25, 0.3) is 0 Å². The number of nitrogens with one attached hydrogen (secondary N) is 2. The predicted molar refractivity (Wildman–Crippen MR) is 118 cm³/mol. The van der Waals surface area contributed by atoms with Gasteiger partial charge in [-0.05, 0) is 23.6 Å². The summed E-state index contributed by atoms with van der Waals surface area (Å²) in [4.78, 5) is 4.52. The van der Waals surface area contributed by atoms with Crippen molar-refractivity contribution in [2.45, 2.75) is 26.7 Å². The summed E-state index contributed by atoms with van der Waals surface area (Å²) in [7, 11) is 0. The second-order valence-electron chi connectivity index (χ2n) is 5.55. The molecule has 0 aromatic heterocycles. The van der Waals surface area contributed by atoms with Crippen molar-refractivity contribution in [2.24, 2.45) is 4.99 Å². The van der Waals surface area contributed by atoms with E-state index < -0.39 is 0 Å². The van der Waals surface area contributed by atoms with Crippen molar-refractivity contribution in [3.63, 3.8) is 0 Å². The second kappa shape index (κ2) is 13.2. The SMILES string of the molecule is C#CCNC(=NCc1ccc(COCc2ccccc2)cc1)NCC.I. The summed E-state index contributed by atoms with van der Waals surface area (Å²) in [6.45, 7) is 5.12. The summed E-state index contributed by atoms with van der Waals surface area (Å²) in [5.41, 5.74) is 3.48. The third-order valence-electron chi connectivity index (χ3n) is 3.53. The lowest BCUT2D eigenvalue weighted by Gasteiger charge is -2.09. The van der Waals surface area contributed by atoms with E-state index in [1.54, 1.807) is 0 Å². The number of terminal acetylenes is 1. The Morgan fingerprint density at radius 2 is 1.58 bits per heavy atom. The summed E-state index contributed by atoms with van der Waals surface area (Å²) in [5.74, 6) is 3.28. The third kappa shape index (κ3) is 8.37. The maximum absolute atomic E-state index is 5.75. The Morgan fingerprint density at radius 3 is 2.19 bits per heavy atom. The third-order valence-corrected chi connectivity index (χ3v) is 3.53.